The van der Waals surface area contributed by atoms with E-state index in [2.05, 4.69) is 20.9 Å². The van der Waals surface area contributed by atoms with E-state index in [1.54, 1.807) is 19.2 Å². The number of aliphatic imine (C=N–C) groups is 1. The molecule has 1 amide bonds. The number of rotatable bonds is 8. The lowest BCUT2D eigenvalue weighted by Gasteiger charge is -2.14. The molecule has 0 saturated heterocycles. The van der Waals surface area contributed by atoms with Gasteiger partial charge in [-0.1, -0.05) is 18.2 Å². The number of hydrogen-bond acceptors (Lipinski definition) is 4. The van der Waals surface area contributed by atoms with Crippen LogP contribution in [0.15, 0.2) is 47.5 Å². The minimum absolute atomic E-state index is 0. The van der Waals surface area contributed by atoms with Crippen molar-refractivity contribution < 1.29 is 17.6 Å². The Morgan fingerprint density at radius 2 is 1.74 bits per heavy atom. The highest BCUT2D eigenvalue weighted by Crippen LogP contribution is 2.14. The molecule has 31 heavy (non-hydrogen) atoms. The van der Waals surface area contributed by atoms with Crippen LogP contribution in [0, 0.1) is 5.82 Å². The molecule has 3 N–H and O–H groups in total. The first-order valence-corrected chi connectivity index (χ1v) is 11.6. The maximum Gasteiger partial charge on any atom is 0.251 e. The van der Waals surface area contributed by atoms with Crippen LogP contribution in [0.25, 0.3) is 0 Å². The highest BCUT2D eigenvalue weighted by Gasteiger charge is 2.11. The highest BCUT2D eigenvalue weighted by molar-refractivity contribution is 14.0. The maximum absolute atomic E-state index is 13.7. The topological polar surface area (TPSA) is 99.7 Å². The fourth-order valence-corrected chi connectivity index (χ4v) is 3.63. The maximum atomic E-state index is 13.7. The van der Waals surface area contributed by atoms with Gasteiger partial charge in [0, 0.05) is 32.0 Å². The summed E-state index contributed by atoms with van der Waals surface area (Å²) < 4.78 is 37.0. The minimum Gasteiger partial charge on any atom is -0.357 e. The lowest BCUT2D eigenvalue weighted by atomic mass is 10.1. The number of carbonyl (C=O) groups excluding carboxylic acids is 1. The molecule has 10 heteroatoms. The van der Waals surface area contributed by atoms with Crippen molar-refractivity contribution in [1.29, 1.82) is 0 Å². The van der Waals surface area contributed by atoms with Crippen LogP contribution in [0.5, 0.6) is 0 Å². The summed E-state index contributed by atoms with van der Waals surface area (Å²) in [5.41, 5.74) is 2.59. The van der Waals surface area contributed by atoms with Gasteiger partial charge in [0.2, 0.25) is 0 Å². The zero-order valence-corrected chi connectivity index (χ0v) is 20.9. The van der Waals surface area contributed by atoms with Crippen LogP contribution in [0.1, 0.15) is 34.0 Å². The first kappa shape index (κ1) is 26.8. The van der Waals surface area contributed by atoms with Gasteiger partial charge in [0.25, 0.3) is 5.91 Å². The van der Waals surface area contributed by atoms with Crippen LogP contribution < -0.4 is 16.0 Å². The molecule has 0 bridgehead atoms. The van der Waals surface area contributed by atoms with Gasteiger partial charge < -0.3 is 16.0 Å². The van der Waals surface area contributed by atoms with Gasteiger partial charge in [-0.05, 0) is 47.9 Å². The number of guanidine groups is 1. The lowest BCUT2D eigenvalue weighted by molar-refractivity contribution is 0.0963. The van der Waals surface area contributed by atoms with Crippen LogP contribution in [0.2, 0.25) is 0 Å². The third kappa shape index (κ3) is 9.21. The van der Waals surface area contributed by atoms with Gasteiger partial charge in [-0.3, -0.25) is 4.79 Å². The Morgan fingerprint density at radius 3 is 2.32 bits per heavy atom. The van der Waals surface area contributed by atoms with Crippen molar-refractivity contribution in [2.45, 2.75) is 25.8 Å². The molecule has 7 nitrogen and oxygen atoms in total. The van der Waals surface area contributed by atoms with E-state index in [1.165, 1.54) is 18.2 Å². The van der Waals surface area contributed by atoms with Crippen LogP contribution in [-0.2, 0) is 28.7 Å². The third-order valence-electron chi connectivity index (χ3n) is 4.24. The molecule has 0 saturated carbocycles. The Hall–Kier alpha value is -2.21. The van der Waals surface area contributed by atoms with Gasteiger partial charge in [-0.15, -0.1) is 24.0 Å². The zero-order valence-electron chi connectivity index (χ0n) is 17.7. The number of sulfone groups is 1. The number of amides is 1. The second-order valence-corrected chi connectivity index (χ2v) is 8.95. The Morgan fingerprint density at radius 1 is 1.06 bits per heavy atom. The van der Waals surface area contributed by atoms with E-state index >= 15 is 0 Å². The molecule has 0 radical (unpaired) electrons. The Balaban J connectivity index is 0.00000480. The first-order chi connectivity index (χ1) is 14.2. The largest absolute Gasteiger partial charge is 0.357 e. The van der Waals surface area contributed by atoms with Crippen LogP contribution in [-0.4, -0.2) is 40.1 Å². The predicted molar refractivity (Wildman–Crippen MR) is 132 cm³/mol. The van der Waals surface area contributed by atoms with Crippen molar-refractivity contribution in [2.75, 3.05) is 19.8 Å². The number of benzene rings is 2. The molecule has 2 aromatic rings. The molecule has 0 aliphatic heterocycles. The van der Waals surface area contributed by atoms with E-state index in [0.29, 0.717) is 35.7 Å². The van der Waals surface area contributed by atoms with Gasteiger partial charge in [0.15, 0.2) is 15.8 Å². The number of nitrogens with one attached hydrogen (secondary N) is 3. The van der Waals surface area contributed by atoms with Crippen molar-refractivity contribution in [3.63, 3.8) is 0 Å². The summed E-state index contributed by atoms with van der Waals surface area (Å²) in [6, 6.07) is 11.2. The third-order valence-corrected chi connectivity index (χ3v) is 5.07. The predicted octanol–water partition coefficient (Wildman–Crippen LogP) is 2.60. The molecular weight excluding hydrogens is 534 g/mol. The molecule has 0 fully saturated rings. The van der Waals surface area contributed by atoms with E-state index in [9.17, 15) is 17.6 Å². The monoisotopic (exact) mass is 562 g/mol. The fraction of sp³-hybridized carbons (Fsp3) is 0.333. The SMILES string of the molecule is CCNC(=NCc1ccc(C(=O)NC)cc1)NCc1cc(F)ccc1CS(C)(=O)=O.I. The summed E-state index contributed by atoms with van der Waals surface area (Å²) in [7, 11) is -1.67. The number of halogens is 2. The van der Waals surface area contributed by atoms with Gasteiger partial charge in [-0.2, -0.15) is 0 Å². The zero-order chi connectivity index (χ0) is 22.1. The molecule has 0 unspecified atom stereocenters. The van der Waals surface area contributed by atoms with E-state index in [1.807, 2.05) is 19.1 Å². The lowest BCUT2D eigenvalue weighted by Crippen LogP contribution is -2.37. The van der Waals surface area contributed by atoms with Gasteiger partial charge >= 0.3 is 0 Å². The number of hydrogen-bond donors (Lipinski definition) is 3. The fourth-order valence-electron chi connectivity index (χ4n) is 2.78. The Labute approximate surface area is 199 Å². The quantitative estimate of drug-likeness (QED) is 0.261. The van der Waals surface area contributed by atoms with Crippen molar-refractivity contribution in [3.8, 4) is 0 Å². The second-order valence-electron chi connectivity index (χ2n) is 6.81. The summed E-state index contributed by atoms with van der Waals surface area (Å²) in [5, 5.41) is 8.79. The van der Waals surface area contributed by atoms with E-state index in [0.717, 1.165) is 11.8 Å². The van der Waals surface area contributed by atoms with E-state index < -0.39 is 15.7 Å². The molecule has 170 valence electrons. The van der Waals surface area contributed by atoms with Crippen molar-refractivity contribution in [2.24, 2.45) is 4.99 Å². The number of carbonyl (C=O) groups is 1. The average molecular weight is 562 g/mol. The molecule has 0 aliphatic rings. The van der Waals surface area contributed by atoms with E-state index in [4.69, 9.17) is 0 Å². The normalized spacial score (nSPS) is 11.4. The van der Waals surface area contributed by atoms with Gasteiger partial charge in [-0.25, -0.2) is 17.8 Å². The molecule has 0 atom stereocenters. The van der Waals surface area contributed by atoms with Crippen LogP contribution in [0.4, 0.5) is 4.39 Å². The van der Waals surface area contributed by atoms with Crippen molar-refractivity contribution in [3.05, 3.63) is 70.5 Å². The summed E-state index contributed by atoms with van der Waals surface area (Å²) in [4.78, 5) is 16.1. The first-order valence-electron chi connectivity index (χ1n) is 9.50. The second kappa shape index (κ2) is 12.6. The van der Waals surface area contributed by atoms with Crippen molar-refractivity contribution in [1.82, 2.24) is 16.0 Å². The summed E-state index contributed by atoms with van der Waals surface area (Å²) in [5.74, 6) is -0.222. The Bertz CT molecular complexity index is 1010. The molecule has 0 aliphatic carbocycles. The van der Waals surface area contributed by atoms with Crippen molar-refractivity contribution >= 4 is 45.7 Å². The molecular formula is C21H28FIN4O3S. The average Bonchev–Trinajstić information content (AvgIpc) is 2.70. The number of nitrogens with zero attached hydrogens (tertiary/aromatic N) is 1. The Kier molecular flexibility index (Phi) is 10.9. The molecule has 2 aromatic carbocycles. The highest BCUT2D eigenvalue weighted by atomic mass is 127. The van der Waals surface area contributed by atoms with Gasteiger partial charge in [0.1, 0.15) is 5.82 Å². The van der Waals surface area contributed by atoms with Crippen LogP contribution in [0.3, 0.4) is 0 Å². The summed E-state index contributed by atoms with van der Waals surface area (Å²) in [6.45, 7) is 3.15. The summed E-state index contributed by atoms with van der Waals surface area (Å²) >= 11 is 0. The molecule has 0 spiro atoms. The standard InChI is InChI=1S/C21H27FN4O3S.HI/c1-4-24-21(25-12-15-5-7-16(8-6-15)20(27)23-2)26-13-18-11-19(22)10-9-17(18)14-30(3,28)29;/h5-11H,4,12-14H2,1-3H3,(H,23,27)(H2,24,25,26);1H. The molecule has 2 rings (SSSR count). The van der Waals surface area contributed by atoms with Crippen LogP contribution >= 0.6 is 24.0 Å². The minimum atomic E-state index is -3.24. The molecule has 0 aromatic heterocycles. The van der Waals surface area contributed by atoms with E-state index in [-0.39, 0.29) is 42.2 Å². The summed E-state index contributed by atoms with van der Waals surface area (Å²) in [6.07, 6.45) is 1.15. The smallest absolute Gasteiger partial charge is 0.251 e. The van der Waals surface area contributed by atoms with Gasteiger partial charge in [0.05, 0.1) is 12.3 Å². The molecule has 0 heterocycles.